The second kappa shape index (κ2) is 8.54. The van der Waals surface area contributed by atoms with Crippen LogP contribution >= 0.6 is 0 Å². The molecule has 0 N–H and O–H groups in total. The molecule has 2 saturated heterocycles. The summed E-state index contributed by atoms with van der Waals surface area (Å²) in [5.74, 6) is -0.596. The molecule has 0 aromatic heterocycles. The van der Waals surface area contributed by atoms with Crippen LogP contribution in [0.4, 0.5) is 15.8 Å². The average Bonchev–Trinajstić information content (AvgIpc) is 2.97. The van der Waals surface area contributed by atoms with Crippen LogP contribution in [-0.2, 0) is 4.79 Å². The number of amides is 1. The number of methoxy groups -OCH3 is 1. The molecule has 7 nitrogen and oxygen atoms in total. The molecule has 0 radical (unpaired) electrons. The van der Waals surface area contributed by atoms with E-state index in [-0.39, 0.29) is 23.3 Å². The standard InChI is InChI=1S/C19H26FN3O4/c1-27-18-13-16(17(23(25)26)12-15(18)20)21-10-6-14(7-11-21)19(24)22-8-4-2-3-5-9-22/h12-14H,2-11H2,1H3. The molecule has 2 aliphatic heterocycles. The van der Waals surface area contributed by atoms with Crippen molar-refractivity contribution in [2.45, 2.75) is 38.5 Å². The van der Waals surface area contributed by atoms with Crippen molar-refractivity contribution in [3.05, 3.63) is 28.1 Å². The topological polar surface area (TPSA) is 75.9 Å². The van der Waals surface area contributed by atoms with E-state index in [4.69, 9.17) is 4.74 Å². The van der Waals surface area contributed by atoms with Crippen molar-refractivity contribution in [3.8, 4) is 5.75 Å². The van der Waals surface area contributed by atoms with Gasteiger partial charge in [-0.3, -0.25) is 14.9 Å². The molecule has 1 aromatic rings. The summed E-state index contributed by atoms with van der Waals surface area (Å²) in [4.78, 5) is 27.4. The van der Waals surface area contributed by atoms with Crippen LogP contribution in [-0.4, -0.2) is 49.0 Å². The number of hydrogen-bond donors (Lipinski definition) is 0. The number of carbonyl (C=O) groups is 1. The summed E-state index contributed by atoms with van der Waals surface area (Å²) in [5.41, 5.74) is 0.0736. The molecular weight excluding hydrogens is 353 g/mol. The highest BCUT2D eigenvalue weighted by Gasteiger charge is 2.31. The molecule has 1 amide bonds. The van der Waals surface area contributed by atoms with Crippen molar-refractivity contribution >= 4 is 17.3 Å². The lowest BCUT2D eigenvalue weighted by molar-refractivity contribution is -0.384. The number of hydrogen-bond acceptors (Lipinski definition) is 5. The maximum Gasteiger partial charge on any atom is 0.295 e. The smallest absolute Gasteiger partial charge is 0.295 e. The number of piperidine rings is 1. The maximum absolute atomic E-state index is 13.9. The van der Waals surface area contributed by atoms with Gasteiger partial charge in [0.2, 0.25) is 5.91 Å². The van der Waals surface area contributed by atoms with Crippen molar-refractivity contribution in [1.29, 1.82) is 0 Å². The molecule has 2 fully saturated rings. The normalized spacial score (nSPS) is 18.9. The molecule has 148 valence electrons. The number of halogens is 1. The van der Waals surface area contributed by atoms with Gasteiger partial charge in [-0.15, -0.1) is 0 Å². The molecule has 0 atom stereocenters. The SMILES string of the molecule is COc1cc(N2CCC(C(=O)N3CCCCCC3)CC2)c([N+](=O)[O-])cc1F. The Balaban J connectivity index is 1.70. The number of carbonyl (C=O) groups excluding carboxylic acids is 1. The lowest BCUT2D eigenvalue weighted by Crippen LogP contribution is -2.43. The first kappa shape index (κ1) is 19.4. The van der Waals surface area contributed by atoms with Crippen LogP contribution in [0.5, 0.6) is 5.75 Å². The molecule has 27 heavy (non-hydrogen) atoms. The summed E-state index contributed by atoms with van der Waals surface area (Å²) < 4.78 is 18.8. The Labute approximate surface area is 158 Å². The maximum atomic E-state index is 13.9. The van der Waals surface area contributed by atoms with Gasteiger partial charge in [-0.1, -0.05) is 12.8 Å². The Morgan fingerprint density at radius 2 is 1.78 bits per heavy atom. The minimum Gasteiger partial charge on any atom is -0.494 e. The van der Waals surface area contributed by atoms with Gasteiger partial charge in [0.1, 0.15) is 5.69 Å². The fourth-order valence-electron chi connectivity index (χ4n) is 4.00. The number of nitrogens with zero attached hydrogens (tertiary/aromatic N) is 3. The Morgan fingerprint density at radius 3 is 2.33 bits per heavy atom. The van der Waals surface area contributed by atoms with Crippen molar-refractivity contribution < 1.29 is 18.8 Å². The summed E-state index contributed by atoms with van der Waals surface area (Å²) in [7, 11) is 1.33. The van der Waals surface area contributed by atoms with Crippen LogP contribution in [0.25, 0.3) is 0 Å². The second-order valence-electron chi connectivity index (χ2n) is 7.23. The van der Waals surface area contributed by atoms with Crippen molar-refractivity contribution in [2.75, 3.05) is 38.2 Å². The number of benzene rings is 1. The van der Waals surface area contributed by atoms with Crippen LogP contribution in [0.15, 0.2) is 12.1 Å². The molecule has 0 unspecified atom stereocenters. The van der Waals surface area contributed by atoms with E-state index in [1.54, 1.807) is 0 Å². The van der Waals surface area contributed by atoms with Crippen LogP contribution in [0, 0.1) is 21.8 Å². The predicted octanol–water partition coefficient (Wildman–Crippen LogP) is 3.36. The number of anilines is 1. The monoisotopic (exact) mass is 379 g/mol. The molecule has 0 saturated carbocycles. The van der Waals surface area contributed by atoms with Crippen molar-refractivity contribution in [2.24, 2.45) is 5.92 Å². The highest BCUT2D eigenvalue weighted by molar-refractivity contribution is 5.79. The number of rotatable bonds is 4. The van der Waals surface area contributed by atoms with E-state index in [0.29, 0.717) is 31.6 Å². The lowest BCUT2D eigenvalue weighted by atomic mass is 9.94. The largest absolute Gasteiger partial charge is 0.494 e. The van der Waals surface area contributed by atoms with Crippen LogP contribution in [0.2, 0.25) is 0 Å². The van der Waals surface area contributed by atoms with Crippen LogP contribution in [0.1, 0.15) is 38.5 Å². The zero-order valence-corrected chi connectivity index (χ0v) is 15.7. The van der Waals surface area contributed by atoms with Gasteiger partial charge in [-0.25, -0.2) is 4.39 Å². The fraction of sp³-hybridized carbons (Fsp3) is 0.632. The van der Waals surface area contributed by atoms with Gasteiger partial charge >= 0.3 is 0 Å². The fourth-order valence-corrected chi connectivity index (χ4v) is 4.00. The van der Waals surface area contributed by atoms with E-state index in [9.17, 15) is 19.3 Å². The molecule has 3 rings (SSSR count). The van der Waals surface area contributed by atoms with E-state index in [1.165, 1.54) is 26.0 Å². The first-order valence-electron chi connectivity index (χ1n) is 9.57. The van der Waals surface area contributed by atoms with E-state index in [2.05, 4.69) is 0 Å². The van der Waals surface area contributed by atoms with Crippen molar-refractivity contribution in [1.82, 2.24) is 4.90 Å². The Kier molecular flexibility index (Phi) is 6.13. The second-order valence-corrected chi connectivity index (χ2v) is 7.23. The average molecular weight is 379 g/mol. The third kappa shape index (κ3) is 4.31. The van der Waals surface area contributed by atoms with Gasteiger partial charge in [0.05, 0.1) is 18.1 Å². The third-order valence-electron chi connectivity index (χ3n) is 5.55. The summed E-state index contributed by atoms with van der Waals surface area (Å²) in [6.07, 6.45) is 5.77. The van der Waals surface area contributed by atoms with Gasteiger partial charge < -0.3 is 14.5 Å². The van der Waals surface area contributed by atoms with Gasteiger partial charge in [-0.2, -0.15) is 0 Å². The van der Waals surface area contributed by atoms with E-state index < -0.39 is 10.7 Å². The quantitative estimate of drug-likeness (QED) is 0.592. The predicted molar refractivity (Wildman–Crippen MR) is 99.6 cm³/mol. The highest BCUT2D eigenvalue weighted by Crippen LogP contribution is 2.36. The summed E-state index contributed by atoms with van der Waals surface area (Å²) in [6.45, 7) is 2.72. The van der Waals surface area contributed by atoms with Gasteiger partial charge in [0.25, 0.3) is 5.69 Å². The first-order chi connectivity index (χ1) is 13.0. The Morgan fingerprint density at radius 1 is 1.15 bits per heavy atom. The third-order valence-corrected chi connectivity index (χ3v) is 5.55. The summed E-state index contributed by atoms with van der Waals surface area (Å²) >= 11 is 0. The summed E-state index contributed by atoms with van der Waals surface area (Å²) in [6, 6.07) is 2.28. The van der Waals surface area contributed by atoms with E-state index >= 15 is 0 Å². The molecule has 8 heteroatoms. The summed E-state index contributed by atoms with van der Waals surface area (Å²) in [5, 5.41) is 11.3. The zero-order chi connectivity index (χ0) is 19.4. The molecule has 1 aromatic carbocycles. The molecule has 0 aliphatic carbocycles. The minimum absolute atomic E-state index is 0.0154. The molecule has 2 heterocycles. The number of nitro benzene ring substituents is 1. The highest BCUT2D eigenvalue weighted by atomic mass is 19.1. The molecule has 0 bridgehead atoms. The number of ether oxygens (including phenoxy) is 1. The van der Waals surface area contributed by atoms with Gasteiger partial charge in [0.15, 0.2) is 11.6 Å². The first-order valence-corrected chi connectivity index (χ1v) is 9.57. The number of likely N-dealkylation sites (tertiary alicyclic amines) is 1. The Hall–Kier alpha value is -2.38. The van der Waals surface area contributed by atoms with Crippen molar-refractivity contribution in [3.63, 3.8) is 0 Å². The molecule has 0 spiro atoms. The lowest BCUT2D eigenvalue weighted by Gasteiger charge is -2.35. The van der Waals surface area contributed by atoms with E-state index in [0.717, 1.165) is 32.0 Å². The molecule has 2 aliphatic rings. The minimum atomic E-state index is -0.751. The van der Waals surface area contributed by atoms with Crippen LogP contribution < -0.4 is 9.64 Å². The zero-order valence-electron chi connectivity index (χ0n) is 15.7. The van der Waals surface area contributed by atoms with Gasteiger partial charge in [0, 0.05) is 38.2 Å². The Bertz CT molecular complexity index is 696. The number of nitro groups is 1. The van der Waals surface area contributed by atoms with Gasteiger partial charge in [-0.05, 0) is 25.7 Å². The van der Waals surface area contributed by atoms with E-state index in [1.807, 2.05) is 9.80 Å². The molecular formula is C19H26FN3O4. The van der Waals surface area contributed by atoms with Crippen LogP contribution in [0.3, 0.4) is 0 Å².